The number of likely N-dealkylation sites (N-methyl/N-ethyl adjacent to an activating group) is 1. The van der Waals surface area contributed by atoms with Crippen LogP contribution in [0.5, 0.6) is 0 Å². The SMILES string of the molecule is Cc1ccc([C@@H](C)NC(=O)CN(C)CCc2cn[nH]c2)cc1. The summed E-state index contributed by atoms with van der Waals surface area (Å²) in [4.78, 5) is 14.1. The number of hydrogen-bond acceptors (Lipinski definition) is 3. The molecule has 1 atom stereocenters. The fourth-order valence-corrected chi connectivity index (χ4v) is 2.28. The molecule has 5 heteroatoms. The van der Waals surface area contributed by atoms with Crippen LogP contribution < -0.4 is 5.32 Å². The number of hydrogen-bond donors (Lipinski definition) is 2. The molecule has 0 aliphatic rings. The largest absolute Gasteiger partial charge is 0.348 e. The lowest BCUT2D eigenvalue weighted by atomic mass is 10.1. The molecule has 5 nitrogen and oxygen atoms in total. The van der Waals surface area contributed by atoms with Gasteiger partial charge in [0.2, 0.25) is 5.91 Å². The minimum atomic E-state index is 0.0235. The Morgan fingerprint density at radius 1 is 1.36 bits per heavy atom. The van der Waals surface area contributed by atoms with Crippen LogP contribution in [0.15, 0.2) is 36.7 Å². The second kappa shape index (κ2) is 7.75. The van der Waals surface area contributed by atoms with E-state index in [9.17, 15) is 4.79 Å². The molecule has 22 heavy (non-hydrogen) atoms. The van der Waals surface area contributed by atoms with E-state index in [0.29, 0.717) is 6.54 Å². The van der Waals surface area contributed by atoms with Crippen molar-refractivity contribution in [2.24, 2.45) is 0 Å². The van der Waals surface area contributed by atoms with Gasteiger partial charge in [-0.25, -0.2) is 0 Å². The van der Waals surface area contributed by atoms with Gasteiger partial charge >= 0.3 is 0 Å². The molecule has 0 aliphatic carbocycles. The number of carbonyl (C=O) groups is 1. The summed E-state index contributed by atoms with van der Waals surface area (Å²) in [6, 6.07) is 8.27. The summed E-state index contributed by atoms with van der Waals surface area (Å²) in [6.45, 7) is 5.29. The number of aromatic nitrogens is 2. The van der Waals surface area contributed by atoms with E-state index in [-0.39, 0.29) is 11.9 Å². The van der Waals surface area contributed by atoms with Crippen LogP contribution >= 0.6 is 0 Å². The number of rotatable bonds is 7. The average molecular weight is 300 g/mol. The Labute approximate surface area is 131 Å². The fraction of sp³-hybridized carbons (Fsp3) is 0.412. The number of aromatic amines is 1. The van der Waals surface area contributed by atoms with Crippen molar-refractivity contribution >= 4 is 5.91 Å². The van der Waals surface area contributed by atoms with Crippen LogP contribution in [0.1, 0.15) is 29.7 Å². The maximum atomic E-state index is 12.1. The number of nitrogens with zero attached hydrogens (tertiary/aromatic N) is 2. The fourth-order valence-electron chi connectivity index (χ4n) is 2.28. The smallest absolute Gasteiger partial charge is 0.234 e. The standard InChI is InChI=1S/C17H24N4O/c1-13-4-6-16(7-5-13)14(2)20-17(22)12-21(3)9-8-15-10-18-19-11-15/h4-7,10-11,14H,8-9,12H2,1-3H3,(H,18,19)(H,20,22)/t14-/m1/s1. The highest BCUT2D eigenvalue weighted by Crippen LogP contribution is 2.12. The molecule has 0 saturated carbocycles. The van der Waals surface area contributed by atoms with Gasteiger partial charge in [0.1, 0.15) is 0 Å². The predicted octanol–water partition coefficient (Wildman–Crippen LogP) is 2.07. The Balaban J connectivity index is 1.75. The van der Waals surface area contributed by atoms with Gasteiger partial charge in [0, 0.05) is 12.7 Å². The van der Waals surface area contributed by atoms with Gasteiger partial charge in [-0.1, -0.05) is 29.8 Å². The minimum Gasteiger partial charge on any atom is -0.348 e. The zero-order valence-corrected chi connectivity index (χ0v) is 13.5. The molecule has 0 radical (unpaired) electrons. The maximum absolute atomic E-state index is 12.1. The molecule has 1 aromatic heterocycles. The summed E-state index contributed by atoms with van der Waals surface area (Å²) in [5, 5.41) is 9.75. The Hall–Kier alpha value is -2.14. The Morgan fingerprint density at radius 2 is 2.09 bits per heavy atom. The highest BCUT2D eigenvalue weighted by Gasteiger charge is 2.11. The number of amides is 1. The third-order valence-electron chi connectivity index (χ3n) is 3.71. The molecule has 0 fully saturated rings. The monoisotopic (exact) mass is 300 g/mol. The first kappa shape index (κ1) is 16.2. The van der Waals surface area contributed by atoms with Crippen LogP contribution in [0.4, 0.5) is 0 Å². The number of aryl methyl sites for hydroxylation is 1. The van der Waals surface area contributed by atoms with Gasteiger partial charge in [-0.15, -0.1) is 0 Å². The van der Waals surface area contributed by atoms with Crippen molar-refractivity contribution in [1.82, 2.24) is 20.4 Å². The van der Waals surface area contributed by atoms with Gasteiger partial charge in [0.15, 0.2) is 0 Å². The third-order valence-corrected chi connectivity index (χ3v) is 3.71. The van der Waals surface area contributed by atoms with Crippen LogP contribution in [0, 0.1) is 6.92 Å². The molecule has 0 saturated heterocycles. The van der Waals surface area contributed by atoms with Crippen LogP contribution in [-0.4, -0.2) is 41.1 Å². The van der Waals surface area contributed by atoms with Crippen LogP contribution in [0.25, 0.3) is 0 Å². The molecule has 0 unspecified atom stereocenters. The van der Waals surface area contributed by atoms with Crippen LogP contribution in [0.2, 0.25) is 0 Å². The summed E-state index contributed by atoms with van der Waals surface area (Å²) < 4.78 is 0. The lowest BCUT2D eigenvalue weighted by Crippen LogP contribution is -2.37. The van der Waals surface area contributed by atoms with Gasteiger partial charge in [0.25, 0.3) is 0 Å². The molecule has 1 heterocycles. The second-order valence-electron chi connectivity index (χ2n) is 5.79. The zero-order chi connectivity index (χ0) is 15.9. The van der Waals surface area contributed by atoms with E-state index >= 15 is 0 Å². The van der Waals surface area contributed by atoms with E-state index in [4.69, 9.17) is 0 Å². The zero-order valence-electron chi connectivity index (χ0n) is 13.5. The first-order chi connectivity index (χ1) is 10.5. The van der Waals surface area contributed by atoms with Crippen molar-refractivity contribution in [1.29, 1.82) is 0 Å². The lowest BCUT2D eigenvalue weighted by molar-refractivity contribution is -0.122. The van der Waals surface area contributed by atoms with Gasteiger partial charge in [-0.3, -0.25) is 14.8 Å². The third kappa shape index (κ3) is 5.00. The molecule has 2 aromatic rings. The molecule has 1 aromatic carbocycles. The van der Waals surface area contributed by atoms with E-state index < -0.39 is 0 Å². The van der Waals surface area contributed by atoms with Gasteiger partial charge in [-0.05, 0) is 38.4 Å². The second-order valence-corrected chi connectivity index (χ2v) is 5.79. The van der Waals surface area contributed by atoms with Crippen molar-refractivity contribution in [2.45, 2.75) is 26.3 Å². The summed E-state index contributed by atoms with van der Waals surface area (Å²) in [5.74, 6) is 0.0442. The number of H-pyrrole nitrogens is 1. The van der Waals surface area contributed by atoms with Crippen molar-refractivity contribution in [3.63, 3.8) is 0 Å². The molecule has 0 aliphatic heterocycles. The van der Waals surface area contributed by atoms with E-state index in [0.717, 1.165) is 24.1 Å². The van der Waals surface area contributed by atoms with Crippen molar-refractivity contribution < 1.29 is 4.79 Å². The van der Waals surface area contributed by atoms with Crippen molar-refractivity contribution in [3.05, 3.63) is 53.3 Å². The Kier molecular flexibility index (Phi) is 5.72. The Bertz CT molecular complexity index is 577. The topological polar surface area (TPSA) is 61.0 Å². The summed E-state index contributed by atoms with van der Waals surface area (Å²) >= 11 is 0. The first-order valence-corrected chi connectivity index (χ1v) is 7.56. The van der Waals surface area contributed by atoms with E-state index in [2.05, 4.69) is 46.7 Å². The number of benzene rings is 1. The van der Waals surface area contributed by atoms with E-state index in [1.54, 1.807) is 0 Å². The van der Waals surface area contributed by atoms with E-state index in [1.807, 2.05) is 31.3 Å². The molecule has 2 rings (SSSR count). The number of nitrogens with one attached hydrogen (secondary N) is 2. The van der Waals surface area contributed by atoms with Crippen molar-refractivity contribution in [2.75, 3.05) is 20.1 Å². The molecule has 118 valence electrons. The highest BCUT2D eigenvalue weighted by molar-refractivity contribution is 5.78. The molecular weight excluding hydrogens is 276 g/mol. The maximum Gasteiger partial charge on any atom is 0.234 e. The normalized spacial score (nSPS) is 12.4. The summed E-state index contributed by atoms with van der Waals surface area (Å²) in [5.41, 5.74) is 3.50. The molecular formula is C17H24N4O. The van der Waals surface area contributed by atoms with Gasteiger partial charge in [-0.2, -0.15) is 5.10 Å². The molecule has 2 N–H and O–H groups in total. The number of carbonyl (C=O) groups excluding carboxylic acids is 1. The Morgan fingerprint density at radius 3 is 2.73 bits per heavy atom. The predicted molar refractivity (Wildman–Crippen MR) is 87.5 cm³/mol. The molecule has 1 amide bonds. The lowest BCUT2D eigenvalue weighted by Gasteiger charge is -2.19. The van der Waals surface area contributed by atoms with E-state index in [1.165, 1.54) is 5.56 Å². The first-order valence-electron chi connectivity index (χ1n) is 7.56. The van der Waals surface area contributed by atoms with Gasteiger partial charge < -0.3 is 5.32 Å². The summed E-state index contributed by atoms with van der Waals surface area (Å²) in [6.07, 6.45) is 4.58. The van der Waals surface area contributed by atoms with Crippen LogP contribution in [0.3, 0.4) is 0 Å². The van der Waals surface area contributed by atoms with Crippen LogP contribution in [-0.2, 0) is 11.2 Å². The highest BCUT2D eigenvalue weighted by atomic mass is 16.2. The minimum absolute atomic E-state index is 0.0235. The quantitative estimate of drug-likeness (QED) is 0.823. The van der Waals surface area contributed by atoms with Crippen molar-refractivity contribution in [3.8, 4) is 0 Å². The molecule has 0 spiro atoms. The average Bonchev–Trinajstić information content (AvgIpc) is 2.99. The van der Waals surface area contributed by atoms with Gasteiger partial charge in [0.05, 0.1) is 18.8 Å². The molecule has 0 bridgehead atoms. The summed E-state index contributed by atoms with van der Waals surface area (Å²) in [7, 11) is 1.95.